The van der Waals surface area contributed by atoms with E-state index >= 15 is 0 Å². The number of carbonyl (C=O) groups excluding carboxylic acids is 1. The highest BCUT2D eigenvalue weighted by molar-refractivity contribution is 5.83. The Morgan fingerprint density at radius 1 is 1.17 bits per heavy atom. The van der Waals surface area contributed by atoms with Gasteiger partial charge in [0.15, 0.2) is 5.43 Å². The Hall–Kier alpha value is -2.37. The zero-order chi connectivity index (χ0) is 17.4. The summed E-state index contributed by atoms with van der Waals surface area (Å²) in [6.45, 7) is 7.93. The summed E-state index contributed by atoms with van der Waals surface area (Å²) in [7, 11) is 0. The first kappa shape index (κ1) is 16.5. The van der Waals surface area contributed by atoms with Gasteiger partial charge in [-0.3, -0.25) is 9.59 Å². The van der Waals surface area contributed by atoms with Crippen molar-refractivity contribution in [2.24, 2.45) is 0 Å². The van der Waals surface area contributed by atoms with Gasteiger partial charge in [-0.05, 0) is 26.0 Å². The molecule has 1 aliphatic heterocycles. The molecule has 0 spiro atoms. The van der Waals surface area contributed by atoms with Crippen molar-refractivity contribution in [3.05, 3.63) is 40.4 Å². The lowest BCUT2D eigenvalue weighted by atomic mass is 10.1. The van der Waals surface area contributed by atoms with E-state index in [4.69, 9.17) is 0 Å². The van der Waals surface area contributed by atoms with Gasteiger partial charge in [-0.15, -0.1) is 0 Å². The second kappa shape index (κ2) is 6.26. The molecule has 2 heterocycles. The lowest BCUT2D eigenvalue weighted by Crippen LogP contribution is -2.48. The summed E-state index contributed by atoms with van der Waals surface area (Å²) >= 11 is 0. The predicted molar refractivity (Wildman–Crippen MR) is 93.0 cm³/mol. The molecule has 6 heteroatoms. The number of fused-ring (bicyclic) bond motifs is 1. The molecule has 2 aromatic rings. The van der Waals surface area contributed by atoms with Gasteiger partial charge in [-0.1, -0.05) is 0 Å². The first-order chi connectivity index (χ1) is 11.4. The summed E-state index contributed by atoms with van der Waals surface area (Å²) in [5.74, 6) is -0.348. The highest BCUT2D eigenvalue weighted by Crippen LogP contribution is 2.27. The fourth-order valence-corrected chi connectivity index (χ4v) is 3.23. The number of anilines is 1. The normalized spacial score (nSPS) is 15.4. The number of hydrogen-bond acceptors (Lipinski definition) is 3. The number of amides is 1. The van der Waals surface area contributed by atoms with Gasteiger partial charge in [0.05, 0.1) is 11.2 Å². The first-order valence-corrected chi connectivity index (χ1v) is 8.23. The second-order valence-electron chi connectivity index (χ2n) is 6.49. The standard InChI is InChI=1S/C18H22FN3O2/c1-12(2)22-5-4-18(24)14-10-15(19)17(11-16(14)22)21-8-6-20(7-9-21)13(3)23/h4-5,10-12H,6-9H2,1-3H3. The number of nitrogens with zero attached hydrogens (tertiary/aromatic N) is 3. The molecule has 0 saturated carbocycles. The van der Waals surface area contributed by atoms with Crippen LogP contribution in [-0.2, 0) is 4.79 Å². The van der Waals surface area contributed by atoms with Crippen LogP contribution in [0.15, 0.2) is 29.2 Å². The van der Waals surface area contributed by atoms with Crippen molar-refractivity contribution in [1.82, 2.24) is 9.47 Å². The number of pyridine rings is 1. The van der Waals surface area contributed by atoms with Crippen molar-refractivity contribution in [2.45, 2.75) is 26.8 Å². The predicted octanol–water partition coefficient (Wildman–Crippen LogP) is 2.39. The van der Waals surface area contributed by atoms with Crippen molar-refractivity contribution >= 4 is 22.5 Å². The molecule has 0 bridgehead atoms. The Morgan fingerprint density at radius 2 is 1.83 bits per heavy atom. The average molecular weight is 331 g/mol. The molecule has 128 valence electrons. The van der Waals surface area contributed by atoms with E-state index in [0.29, 0.717) is 37.3 Å². The van der Waals surface area contributed by atoms with E-state index in [1.807, 2.05) is 23.3 Å². The zero-order valence-electron chi connectivity index (χ0n) is 14.3. The lowest BCUT2D eigenvalue weighted by Gasteiger charge is -2.36. The summed E-state index contributed by atoms with van der Waals surface area (Å²) in [5, 5.41) is 0.398. The number of rotatable bonds is 2. The molecule has 24 heavy (non-hydrogen) atoms. The van der Waals surface area contributed by atoms with Gasteiger partial charge in [-0.25, -0.2) is 4.39 Å². The highest BCUT2D eigenvalue weighted by atomic mass is 19.1. The summed E-state index contributed by atoms with van der Waals surface area (Å²) < 4.78 is 16.6. The summed E-state index contributed by atoms with van der Waals surface area (Å²) in [6.07, 6.45) is 1.75. The van der Waals surface area contributed by atoms with Crippen LogP contribution in [0.4, 0.5) is 10.1 Å². The minimum atomic E-state index is -0.391. The average Bonchev–Trinajstić information content (AvgIpc) is 2.55. The number of carbonyl (C=O) groups is 1. The van der Waals surface area contributed by atoms with Crippen LogP contribution < -0.4 is 10.3 Å². The molecule has 1 aromatic heterocycles. The molecule has 0 aliphatic carbocycles. The first-order valence-electron chi connectivity index (χ1n) is 8.23. The van der Waals surface area contributed by atoms with Crippen LogP contribution in [0.5, 0.6) is 0 Å². The molecular formula is C18H22FN3O2. The number of benzene rings is 1. The van der Waals surface area contributed by atoms with Gasteiger partial charge >= 0.3 is 0 Å². The van der Waals surface area contributed by atoms with Crippen LogP contribution in [-0.4, -0.2) is 41.6 Å². The van der Waals surface area contributed by atoms with E-state index in [1.54, 1.807) is 24.1 Å². The van der Waals surface area contributed by atoms with Gasteiger partial charge in [0.1, 0.15) is 5.82 Å². The highest BCUT2D eigenvalue weighted by Gasteiger charge is 2.22. The minimum absolute atomic E-state index is 0.0438. The van der Waals surface area contributed by atoms with Crippen LogP contribution in [0.1, 0.15) is 26.8 Å². The molecular weight excluding hydrogens is 309 g/mol. The van der Waals surface area contributed by atoms with Crippen molar-refractivity contribution in [3.8, 4) is 0 Å². The van der Waals surface area contributed by atoms with Gasteiger partial charge < -0.3 is 14.4 Å². The number of aromatic nitrogens is 1. The number of piperazine rings is 1. The van der Waals surface area contributed by atoms with E-state index in [0.717, 1.165) is 5.52 Å². The van der Waals surface area contributed by atoms with Gasteiger partial charge in [0.2, 0.25) is 5.91 Å². The van der Waals surface area contributed by atoms with Crippen molar-refractivity contribution in [2.75, 3.05) is 31.1 Å². The third-order valence-electron chi connectivity index (χ3n) is 4.62. The van der Waals surface area contributed by atoms with E-state index < -0.39 is 5.82 Å². The molecule has 1 aliphatic rings. The smallest absolute Gasteiger partial charge is 0.219 e. The fourth-order valence-electron chi connectivity index (χ4n) is 3.23. The maximum atomic E-state index is 14.6. The maximum absolute atomic E-state index is 14.6. The van der Waals surface area contributed by atoms with Crippen LogP contribution in [0, 0.1) is 5.82 Å². The maximum Gasteiger partial charge on any atom is 0.219 e. The Balaban J connectivity index is 2.03. The summed E-state index contributed by atoms with van der Waals surface area (Å²) in [5.41, 5.74) is 1.06. The zero-order valence-corrected chi connectivity index (χ0v) is 14.3. The van der Waals surface area contributed by atoms with Crippen LogP contribution in [0.25, 0.3) is 10.9 Å². The van der Waals surface area contributed by atoms with Gasteiger partial charge in [-0.2, -0.15) is 0 Å². The molecule has 5 nitrogen and oxygen atoms in total. The van der Waals surface area contributed by atoms with Gasteiger partial charge in [0, 0.05) is 56.8 Å². The molecule has 0 atom stereocenters. The SMILES string of the molecule is CC(=O)N1CCN(c2cc3c(cc2F)c(=O)ccn3C(C)C)CC1. The summed E-state index contributed by atoms with van der Waals surface area (Å²) in [6, 6.07) is 4.74. The van der Waals surface area contributed by atoms with Gasteiger partial charge in [0.25, 0.3) is 0 Å². The Labute approximate surface area is 140 Å². The monoisotopic (exact) mass is 331 g/mol. The molecule has 1 aromatic carbocycles. The largest absolute Gasteiger partial charge is 0.366 e. The molecule has 0 radical (unpaired) electrons. The molecule has 1 saturated heterocycles. The molecule has 1 fully saturated rings. The molecule has 0 N–H and O–H groups in total. The van der Waals surface area contributed by atoms with E-state index in [-0.39, 0.29) is 17.4 Å². The Morgan fingerprint density at radius 3 is 2.42 bits per heavy atom. The number of hydrogen-bond donors (Lipinski definition) is 0. The van der Waals surface area contributed by atoms with E-state index in [2.05, 4.69) is 0 Å². The quantitative estimate of drug-likeness (QED) is 0.849. The van der Waals surface area contributed by atoms with E-state index in [1.165, 1.54) is 12.1 Å². The Kier molecular flexibility index (Phi) is 4.30. The Bertz CT molecular complexity index is 836. The van der Waals surface area contributed by atoms with Crippen LogP contribution in [0.3, 0.4) is 0 Å². The summed E-state index contributed by atoms with van der Waals surface area (Å²) in [4.78, 5) is 27.2. The van der Waals surface area contributed by atoms with Crippen molar-refractivity contribution in [1.29, 1.82) is 0 Å². The third kappa shape index (κ3) is 2.88. The van der Waals surface area contributed by atoms with Crippen molar-refractivity contribution < 1.29 is 9.18 Å². The second-order valence-corrected chi connectivity index (χ2v) is 6.49. The number of halogens is 1. The van der Waals surface area contributed by atoms with Crippen molar-refractivity contribution in [3.63, 3.8) is 0 Å². The third-order valence-corrected chi connectivity index (χ3v) is 4.62. The minimum Gasteiger partial charge on any atom is -0.366 e. The fraction of sp³-hybridized carbons (Fsp3) is 0.444. The molecule has 3 rings (SSSR count). The van der Waals surface area contributed by atoms with Crippen LogP contribution in [0.2, 0.25) is 0 Å². The van der Waals surface area contributed by atoms with E-state index in [9.17, 15) is 14.0 Å². The molecule has 0 unspecified atom stereocenters. The van der Waals surface area contributed by atoms with Crippen LogP contribution >= 0.6 is 0 Å². The topological polar surface area (TPSA) is 45.6 Å². The lowest BCUT2D eigenvalue weighted by molar-refractivity contribution is -0.129. The molecule has 1 amide bonds.